The maximum Gasteiger partial charge on any atom is 0.290 e. The molecule has 26 heavy (non-hydrogen) atoms. The Kier molecular flexibility index (Phi) is 4.53. The molecule has 2 aromatic heterocycles. The molecule has 1 aromatic carbocycles. The molecule has 1 N–H and O–H groups in total. The first-order valence-electron chi connectivity index (χ1n) is 8.40. The zero-order valence-corrected chi connectivity index (χ0v) is 14.9. The largest absolute Gasteiger partial charge is 0.347 e. The third-order valence-electron chi connectivity index (χ3n) is 4.35. The minimum atomic E-state index is -0.263. The first-order valence-corrected chi connectivity index (χ1v) is 9.34. The maximum absolute atomic E-state index is 12.7. The smallest absolute Gasteiger partial charge is 0.290 e. The van der Waals surface area contributed by atoms with Crippen molar-refractivity contribution in [1.29, 1.82) is 0 Å². The highest BCUT2D eigenvalue weighted by molar-refractivity contribution is 7.07. The van der Waals surface area contributed by atoms with E-state index < -0.39 is 0 Å². The average molecular weight is 366 g/mol. The Balaban J connectivity index is 1.45. The van der Waals surface area contributed by atoms with Crippen molar-refractivity contribution in [1.82, 2.24) is 19.8 Å². The molecule has 0 bridgehead atoms. The number of rotatable bonds is 5. The lowest BCUT2D eigenvalue weighted by Crippen LogP contribution is -2.39. The van der Waals surface area contributed by atoms with Crippen LogP contribution in [0.15, 0.2) is 53.4 Å². The van der Waals surface area contributed by atoms with E-state index in [-0.39, 0.29) is 17.5 Å². The number of hydrogen-bond donors (Lipinski definition) is 1. The fraction of sp³-hybridized carbons (Fsp3) is 0.211. The summed E-state index contributed by atoms with van der Waals surface area (Å²) in [5, 5.41) is 6.80. The summed E-state index contributed by atoms with van der Waals surface area (Å²) in [6.45, 7) is 2.25. The molecule has 0 aliphatic carbocycles. The lowest BCUT2D eigenvalue weighted by molar-refractivity contribution is 0.0683. The van der Waals surface area contributed by atoms with Gasteiger partial charge in [0.25, 0.3) is 11.8 Å². The Morgan fingerprint density at radius 2 is 2.00 bits per heavy atom. The highest BCUT2D eigenvalue weighted by atomic mass is 32.1. The quantitative estimate of drug-likeness (QED) is 0.755. The number of benzene rings is 1. The highest BCUT2D eigenvalue weighted by Gasteiger charge is 2.28. The van der Waals surface area contributed by atoms with Gasteiger partial charge in [-0.1, -0.05) is 30.3 Å². The second-order valence-electron chi connectivity index (χ2n) is 6.17. The second kappa shape index (κ2) is 7.13. The van der Waals surface area contributed by atoms with Crippen LogP contribution in [0.2, 0.25) is 0 Å². The number of fused-ring (bicyclic) bond motifs is 1. The Hall–Kier alpha value is -2.93. The van der Waals surface area contributed by atoms with Gasteiger partial charge in [0.15, 0.2) is 5.82 Å². The van der Waals surface area contributed by atoms with Gasteiger partial charge in [0.05, 0.1) is 0 Å². The molecule has 0 radical (unpaired) electrons. The molecule has 3 heterocycles. The van der Waals surface area contributed by atoms with Crippen LogP contribution in [0, 0.1) is 0 Å². The van der Waals surface area contributed by atoms with E-state index in [0.29, 0.717) is 32.0 Å². The molecule has 0 spiro atoms. The van der Waals surface area contributed by atoms with Gasteiger partial charge in [-0.05, 0) is 28.0 Å². The summed E-state index contributed by atoms with van der Waals surface area (Å²) >= 11 is 1.59. The number of carbonyl (C=O) groups excluding carboxylic acids is 2. The standard InChI is InChI=1S/C19H18N4O2S/c24-18(20-10-15-6-9-26-13-15)16-12-22-7-8-23(19(25)17(22)21-16)11-14-4-2-1-3-5-14/h1-6,9,12-13H,7-8,10-11H2,(H,20,24). The molecular formula is C19H18N4O2S. The first-order chi connectivity index (χ1) is 12.7. The number of thiophene rings is 1. The third kappa shape index (κ3) is 3.39. The van der Waals surface area contributed by atoms with Crippen molar-refractivity contribution >= 4 is 23.2 Å². The van der Waals surface area contributed by atoms with Gasteiger partial charge in [0.2, 0.25) is 0 Å². The molecule has 132 valence electrons. The van der Waals surface area contributed by atoms with Gasteiger partial charge >= 0.3 is 0 Å². The van der Waals surface area contributed by atoms with E-state index in [4.69, 9.17) is 0 Å². The predicted octanol–water partition coefficient (Wildman–Crippen LogP) is 2.53. The fourth-order valence-electron chi connectivity index (χ4n) is 2.96. The summed E-state index contributed by atoms with van der Waals surface area (Å²) in [6, 6.07) is 11.8. The summed E-state index contributed by atoms with van der Waals surface area (Å²) < 4.78 is 1.77. The molecule has 3 aromatic rings. The van der Waals surface area contributed by atoms with Crippen molar-refractivity contribution in [3.05, 3.63) is 76.0 Å². The molecule has 4 rings (SSSR count). The van der Waals surface area contributed by atoms with Crippen LogP contribution in [-0.4, -0.2) is 32.8 Å². The van der Waals surface area contributed by atoms with Gasteiger partial charge in [-0.3, -0.25) is 9.59 Å². The monoisotopic (exact) mass is 366 g/mol. The van der Waals surface area contributed by atoms with Gasteiger partial charge in [-0.15, -0.1) is 0 Å². The molecule has 7 heteroatoms. The van der Waals surface area contributed by atoms with Crippen LogP contribution < -0.4 is 5.32 Å². The Morgan fingerprint density at radius 3 is 2.77 bits per heavy atom. The molecule has 6 nitrogen and oxygen atoms in total. The third-order valence-corrected chi connectivity index (χ3v) is 5.08. The van der Waals surface area contributed by atoms with Gasteiger partial charge in [-0.2, -0.15) is 11.3 Å². The number of amides is 2. The van der Waals surface area contributed by atoms with Crippen molar-refractivity contribution in [2.24, 2.45) is 0 Å². The zero-order valence-electron chi connectivity index (χ0n) is 14.1. The Morgan fingerprint density at radius 1 is 1.15 bits per heavy atom. The molecule has 0 saturated carbocycles. The zero-order chi connectivity index (χ0) is 17.9. The number of aromatic nitrogens is 2. The van der Waals surface area contributed by atoms with Crippen LogP contribution in [0.4, 0.5) is 0 Å². The Bertz CT molecular complexity index is 918. The van der Waals surface area contributed by atoms with E-state index in [1.54, 1.807) is 27.0 Å². The molecule has 0 atom stereocenters. The number of nitrogens with one attached hydrogen (secondary N) is 1. The van der Waals surface area contributed by atoms with E-state index in [0.717, 1.165) is 11.1 Å². The second-order valence-corrected chi connectivity index (χ2v) is 6.95. The van der Waals surface area contributed by atoms with Crippen LogP contribution in [0.25, 0.3) is 0 Å². The number of hydrogen-bond acceptors (Lipinski definition) is 4. The molecule has 1 aliphatic heterocycles. The summed E-state index contributed by atoms with van der Waals surface area (Å²) in [5.41, 5.74) is 2.41. The van der Waals surface area contributed by atoms with Crippen LogP contribution >= 0.6 is 11.3 Å². The SMILES string of the molecule is O=C(NCc1ccsc1)c1cn2c(n1)C(=O)N(Cc1ccccc1)CC2. The van der Waals surface area contributed by atoms with Crippen LogP contribution in [0.5, 0.6) is 0 Å². The minimum Gasteiger partial charge on any atom is -0.347 e. The van der Waals surface area contributed by atoms with E-state index in [1.807, 2.05) is 47.2 Å². The highest BCUT2D eigenvalue weighted by Crippen LogP contribution is 2.16. The lowest BCUT2D eigenvalue weighted by Gasteiger charge is -2.27. The fourth-order valence-corrected chi connectivity index (χ4v) is 3.63. The summed E-state index contributed by atoms with van der Waals surface area (Å²) in [5.74, 6) is -0.0784. The van der Waals surface area contributed by atoms with E-state index in [1.165, 1.54) is 0 Å². The summed E-state index contributed by atoms with van der Waals surface area (Å²) in [6.07, 6.45) is 1.66. The van der Waals surface area contributed by atoms with Gasteiger partial charge in [0, 0.05) is 32.4 Å². The van der Waals surface area contributed by atoms with E-state index in [2.05, 4.69) is 10.3 Å². The van der Waals surface area contributed by atoms with Crippen LogP contribution in [0.1, 0.15) is 32.2 Å². The maximum atomic E-state index is 12.7. The van der Waals surface area contributed by atoms with Crippen LogP contribution in [-0.2, 0) is 19.6 Å². The molecule has 0 unspecified atom stereocenters. The molecule has 2 amide bonds. The van der Waals surface area contributed by atoms with E-state index in [9.17, 15) is 9.59 Å². The first kappa shape index (κ1) is 16.5. The van der Waals surface area contributed by atoms with Crippen LogP contribution in [0.3, 0.4) is 0 Å². The number of carbonyl (C=O) groups is 2. The molecule has 0 saturated heterocycles. The van der Waals surface area contributed by atoms with E-state index >= 15 is 0 Å². The van der Waals surface area contributed by atoms with Crippen molar-refractivity contribution in [3.8, 4) is 0 Å². The van der Waals surface area contributed by atoms with Crippen molar-refractivity contribution < 1.29 is 9.59 Å². The average Bonchev–Trinajstić information content (AvgIpc) is 3.33. The topological polar surface area (TPSA) is 67.2 Å². The summed E-state index contributed by atoms with van der Waals surface area (Å²) in [4.78, 5) is 31.1. The summed E-state index contributed by atoms with van der Waals surface area (Å²) in [7, 11) is 0. The predicted molar refractivity (Wildman–Crippen MR) is 98.9 cm³/mol. The molecule has 1 aliphatic rings. The van der Waals surface area contributed by atoms with Gasteiger partial charge < -0.3 is 14.8 Å². The van der Waals surface area contributed by atoms with Crippen molar-refractivity contribution in [2.75, 3.05) is 6.54 Å². The Labute approximate surface area is 155 Å². The number of nitrogens with zero attached hydrogens (tertiary/aromatic N) is 3. The van der Waals surface area contributed by atoms with Crippen molar-refractivity contribution in [2.45, 2.75) is 19.6 Å². The molecule has 0 fully saturated rings. The van der Waals surface area contributed by atoms with Gasteiger partial charge in [0.1, 0.15) is 5.69 Å². The number of imidazole rings is 1. The normalized spacial score (nSPS) is 13.5. The van der Waals surface area contributed by atoms with Crippen molar-refractivity contribution in [3.63, 3.8) is 0 Å². The lowest BCUT2D eigenvalue weighted by atomic mass is 10.2. The molecular weight excluding hydrogens is 348 g/mol. The minimum absolute atomic E-state index is 0.142. The van der Waals surface area contributed by atoms with Gasteiger partial charge in [-0.25, -0.2) is 4.98 Å².